The zero-order chi connectivity index (χ0) is 12.4. The van der Waals surface area contributed by atoms with Gasteiger partial charge in [-0.3, -0.25) is 0 Å². The van der Waals surface area contributed by atoms with Crippen molar-refractivity contribution in [1.82, 2.24) is 0 Å². The maximum atomic E-state index is 6.15. The monoisotopic (exact) mass is 348 g/mol. The highest BCUT2D eigenvalue weighted by atomic mass is 79.9. The van der Waals surface area contributed by atoms with Crippen molar-refractivity contribution in [3.63, 3.8) is 0 Å². The predicted octanol–water partition coefficient (Wildman–Crippen LogP) is 6.10. The Morgan fingerprint density at radius 3 is 2.35 bits per heavy atom. The van der Waals surface area contributed by atoms with Gasteiger partial charge in [0.25, 0.3) is 0 Å². The van der Waals surface area contributed by atoms with E-state index >= 15 is 0 Å². The zero-order valence-corrected chi connectivity index (χ0v) is 13.1. The van der Waals surface area contributed by atoms with Crippen molar-refractivity contribution in [2.45, 2.75) is 18.2 Å². The van der Waals surface area contributed by atoms with E-state index in [2.05, 4.69) is 47.1 Å². The van der Waals surface area contributed by atoms with Crippen molar-refractivity contribution >= 4 is 50.5 Å². The average Bonchev–Trinajstić information content (AvgIpc) is 2.68. The van der Waals surface area contributed by atoms with Gasteiger partial charge in [0.05, 0.1) is 13.5 Å². The van der Waals surface area contributed by atoms with Crippen molar-refractivity contribution in [1.29, 1.82) is 0 Å². The van der Waals surface area contributed by atoms with Gasteiger partial charge in [-0.2, -0.15) is 0 Å². The second kappa shape index (κ2) is 5.75. The number of benzene rings is 1. The molecule has 2 aromatic rings. The van der Waals surface area contributed by atoms with Gasteiger partial charge in [-0.15, -0.1) is 11.3 Å². The molecular formula is C13H11BrCl2S. The summed E-state index contributed by atoms with van der Waals surface area (Å²) in [7, 11) is 0. The number of alkyl halides is 1. The fourth-order valence-electron chi connectivity index (χ4n) is 1.63. The van der Waals surface area contributed by atoms with E-state index in [1.807, 2.05) is 6.07 Å². The number of rotatable bonds is 3. The summed E-state index contributed by atoms with van der Waals surface area (Å²) >= 11 is 17.2. The molecule has 1 heterocycles. The first-order valence-corrected chi connectivity index (χ1v) is 7.78. The lowest BCUT2D eigenvalue weighted by Gasteiger charge is -2.10. The van der Waals surface area contributed by atoms with Gasteiger partial charge >= 0.3 is 0 Å². The third-order valence-electron chi connectivity index (χ3n) is 2.64. The fourth-order valence-corrected chi connectivity index (χ4v) is 4.11. The molecule has 0 fully saturated rings. The van der Waals surface area contributed by atoms with Gasteiger partial charge in [0.2, 0.25) is 0 Å². The van der Waals surface area contributed by atoms with E-state index in [1.165, 1.54) is 22.5 Å². The highest BCUT2D eigenvalue weighted by molar-refractivity contribution is 9.09. The van der Waals surface area contributed by atoms with Crippen molar-refractivity contribution in [3.8, 4) is 0 Å². The SMILES string of the molecule is CCc1ccc(C(Br)c2cc(Cl)sc2Cl)cc1. The lowest BCUT2D eigenvalue weighted by molar-refractivity contribution is 1.12. The van der Waals surface area contributed by atoms with Crippen LogP contribution in [0.5, 0.6) is 0 Å². The minimum atomic E-state index is 0.102. The van der Waals surface area contributed by atoms with Crippen molar-refractivity contribution in [2.24, 2.45) is 0 Å². The molecule has 0 N–H and O–H groups in total. The van der Waals surface area contributed by atoms with Crippen LogP contribution in [-0.2, 0) is 6.42 Å². The molecule has 0 saturated carbocycles. The maximum absolute atomic E-state index is 6.15. The number of aryl methyl sites for hydroxylation is 1. The van der Waals surface area contributed by atoms with Gasteiger partial charge in [-0.25, -0.2) is 0 Å². The standard InChI is InChI=1S/C13H11BrCl2S/c1-2-8-3-5-9(6-4-8)12(14)10-7-11(15)17-13(10)16/h3-7,12H,2H2,1H3. The maximum Gasteiger partial charge on any atom is 0.0990 e. The molecule has 1 unspecified atom stereocenters. The molecule has 1 aromatic carbocycles. The van der Waals surface area contributed by atoms with E-state index in [1.54, 1.807) is 0 Å². The zero-order valence-electron chi connectivity index (χ0n) is 9.21. The Morgan fingerprint density at radius 1 is 1.24 bits per heavy atom. The summed E-state index contributed by atoms with van der Waals surface area (Å²) in [6.45, 7) is 2.15. The van der Waals surface area contributed by atoms with Crippen LogP contribution >= 0.6 is 50.5 Å². The topological polar surface area (TPSA) is 0 Å². The quantitative estimate of drug-likeness (QED) is 0.587. The molecule has 1 aromatic heterocycles. The van der Waals surface area contributed by atoms with E-state index in [9.17, 15) is 0 Å². The third-order valence-corrected chi connectivity index (χ3v) is 5.18. The minimum absolute atomic E-state index is 0.102. The molecule has 0 radical (unpaired) electrons. The van der Waals surface area contributed by atoms with Crippen LogP contribution < -0.4 is 0 Å². The summed E-state index contributed by atoms with van der Waals surface area (Å²) in [6.07, 6.45) is 1.05. The number of hydrogen-bond donors (Lipinski definition) is 0. The van der Waals surface area contributed by atoms with Crippen molar-refractivity contribution in [2.75, 3.05) is 0 Å². The first kappa shape index (κ1) is 13.4. The Labute approximate surface area is 124 Å². The van der Waals surface area contributed by atoms with E-state index in [0.717, 1.165) is 20.7 Å². The summed E-state index contributed by atoms with van der Waals surface area (Å²) in [6, 6.07) is 10.5. The normalized spacial score (nSPS) is 12.7. The molecule has 0 nitrogen and oxygen atoms in total. The Morgan fingerprint density at radius 2 is 1.88 bits per heavy atom. The van der Waals surface area contributed by atoms with Crippen LogP contribution in [0.1, 0.15) is 28.4 Å². The molecule has 4 heteroatoms. The second-order valence-electron chi connectivity index (χ2n) is 3.74. The molecule has 0 aliphatic heterocycles. The van der Waals surface area contributed by atoms with E-state index in [4.69, 9.17) is 23.2 Å². The van der Waals surface area contributed by atoms with Crippen LogP contribution in [0.4, 0.5) is 0 Å². The summed E-state index contributed by atoms with van der Waals surface area (Å²) in [5.74, 6) is 0. The van der Waals surface area contributed by atoms with Crippen LogP contribution in [0.15, 0.2) is 30.3 Å². The molecule has 0 aliphatic rings. The van der Waals surface area contributed by atoms with Crippen LogP contribution in [0.2, 0.25) is 8.67 Å². The van der Waals surface area contributed by atoms with Gasteiger partial charge < -0.3 is 0 Å². The number of thiophene rings is 1. The predicted molar refractivity (Wildman–Crippen MR) is 80.9 cm³/mol. The third kappa shape index (κ3) is 3.05. The van der Waals surface area contributed by atoms with Crippen LogP contribution in [-0.4, -0.2) is 0 Å². The van der Waals surface area contributed by atoms with Crippen LogP contribution in [0, 0.1) is 0 Å². The second-order valence-corrected chi connectivity index (χ2v) is 6.94. The molecule has 0 aliphatic carbocycles. The molecule has 90 valence electrons. The van der Waals surface area contributed by atoms with Gasteiger partial charge in [0.15, 0.2) is 0 Å². The van der Waals surface area contributed by atoms with Crippen LogP contribution in [0.25, 0.3) is 0 Å². The van der Waals surface area contributed by atoms with Crippen molar-refractivity contribution in [3.05, 3.63) is 55.7 Å². The Kier molecular flexibility index (Phi) is 4.53. The molecule has 17 heavy (non-hydrogen) atoms. The molecular weight excluding hydrogens is 339 g/mol. The number of hydrogen-bond acceptors (Lipinski definition) is 1. The molecule has 0 amide bonds. The largest absolute Gasteiger partial charge is 0.111 e. The van der Waals surface area contributed by atoms with Gasteiger partial charge in [-0.05, 0) is 23.6 Å². The summed E-state index contributed by atoms with van der Waals surface area (Å²) < 4.78 is 1.47. The molecule has 0 saturated heterocycles. The average molecular weight is 350 g/mol. The van der Waals surface area contributed by atoms with E-state index in [-0.39, 0.29) is 4.83 Å². The van der Waals surface area contributed by atoms with E-state index in [0.29, 0.717) is 0 Å². The first-order chi connectivity index (χ1) is 8.11. The first-order valence-electron chi connectivity index (χ1n) is 5.29. The van der Waals surface area contributed by atoms with E-state index < -0.39 is 0 Å². The highest BCUT2D eigenvalue weighted by Crippen LogP contribution is 2.41. The summed E-state index contributed by atoms with van der Waals surface area (Å²) in [5, 5.41) is 0. The molecule has 0 spiro atoms. The van der Waals surface area contributed by atoms with Gasteiger partial charge in [0.1, 0.15) is 0 Å². The Bertz CT molecular complexity index is 505. The minimum Gasteiger partial charge on any atom is -0.111 e. The fraction of sp³-hybridized carbons (Fsp3) is 0.231. The van der Waals surface area contributed by atoms with Gasteiger partial charge in [0, 0.05) is 5.56 Å². The number of halogens is 3. The lowest BCUT2D eigenvalue weighted by Crippen LogP contribution is -1.92. The molecule has 1 atom stereocenters. The molecule has 2 rings (SSSR count). The Balaban J connectivity index is 2.30. The highest BCUT2D eigenvalue weighted by Gasteiger charge is 2.16. The summed E-state index contributed by atoms with van der Waals surface area (Å²) in [4.78, 5) is 0.102. The van der Waals surface area contributed by atoms with Crippen LogP contribution in [0.3, 0.4) is 0 Å². The summed E-state index contributed by atoms with van der Waals surface area (Å²) in [5.41, 5.74) is 3.56. The lowest BCUT2D eigenvalue weighted by atomic mass is 10.0. The van der Waals surface area contributed by atoms with Gasteiger partial charge in [-0.1, -0.05) is 70.3 Å². The molecule has 0 bridgehead atoms. The smallest absolute Gasteiger partial charge is 0.0990 e. The van der Waals surface area contributed by atoms with Crippen molar-refractivity contribution < 1.29 is 0 Å². The Hall–Kier alpha value is -0.0200.